The lowest BCUT2D eigenvalue weighted by molar-refractivity contribution is -0.126. The van der Waals surface area contributed by atoms with Crippen molar-refractivity contribution in [2.75, 3.05) is 103 Å². The van der Waals surface area contributed by atoms with E-state index in [9.17, 15) is 19.2 Å². The number of rotatable bonds is 13. The summed E-state index contributed by atoms with van der Waals surface area (Å²) in [7, 11) is 0. The van der Waals surface area contributed by atoms with Gasteiger partial charge in [0.15, 0.2) is 17.3 Å². The molecule has 0 aliphatic carbocycles. The van der Waals surface area contributed by atoms with Gasteiger partial charge in [0.1, 0.15) is 27.9 Å². The number of hydrogen-bond donors (Lipinski definition) is 3. The van der Waals surface area contributed by atoms with Crippen LogP contribution in [0.15, 0.2) is 57.9 Å². The zero-order chi connectivity index (χ0) is 42.8. The Morgan fingerprint density at radius 1 is 0.825 bits per heavy atom. The Labute approximate surface area is 364 Å². The van der Waals surface area contributed by atoms with Gasteiger partial charge in [0, 0.05) is 88.0 Å². The monoisotopic (exact) mass is 859 g/mol. The van der Waals surface area contributed by atoms with Crippen molar-refractivity contribution in [1.29, 1.82) is 0 Å². The summed E-state index contributed by atoms with van der Waals surface area (Å²) < 4.78 is 31.5. The number of benzene rings is 3. The number of pyridine rings is 1. The number of aromatic nitrogens is 1. The number of likely N-dealkylation sites (tertiary alicyclic amines) is 3. The van der Waals surface area contributed by atoms with Gasteiger partial charge in [0.25, 0.3) is 5.91 Å². The first-order valence-electron chi connectivity index (χ1n) is 22.8. The second kappa shape index (κ2) is 16.2. The highest BCUT2D eigenvalue weighted by Crippen LogP contribution is 2.49. The Morgan fingerprint density at radius 3 is 2.35 bits per heavy atom. The summed E-state index contributed by atoms with van der Waals surface area (Å²) in [6.07, 6.45) is 7.68. The molecule has 0 bridgehead atoms. The Balaban J connectivity index is 0.865. The molecule has 1 unspecified atom stereocenters. The predicted molar refractivity (Wildman–Crippen MR) is 238 cm³/mol. The Hall–Kier alpha value is -5.55. The second-order valence-electron chi connectivity index (χ2n) is 18.3. The molecule has 5 fully saturated rings. The number of ether oxygens (including phenoxy) is 1. The van der Waals surface area contributed by atoms with E-state index in [4.69, 9.17) is 9.15 Å². The molecule has 5 aromatic rings. The van der Waals surface area contributed by atoms with Crippen molar-refractivity contribution < 1.29 is 27.9 Å². The van der Waals surface area contributed by atoms with Gasteiger partial charge in [0.05, 0.1) is 29.7 Å². The van der Waals surface area contributed by atoms with E-state index in [2.05, 4.69) is 25.8 Å². The molecule has 2 atom stereocenters. The van der Waals surface area contributed by atoms with Gasteiger partial charge in [-0.05, 0) is 82.9 Å². The van der Waals surface area contributed by atoms with Gasteiger partial charge in [-0.2, -0.15) is 0 Å². The highest BCUT2D eigenvalue weighted by molar-refractivity contribution is 6.07. The largest absolute Gasteiger partial charge is 0.456 e. The molecular formula is C47H54FN9O6. The van der Waals surface area contributed by atoms with Gasteiger partial charge in [-0.1, -0.05) is 18.2 Å². The minimum Gasteiger partial charge on any atom is -0.456 e. The van der Waals surface area contributed by atoms with Gasteiger partial charge in [-0.25, -0.2) is 4.39 Å². The Kier molecular flexibility index (Phi) is 10.4. The van der Waals surface area contributed by atoms with Gasteiger partial charge < -0.3 is 54.2 Å². The van der Waals surface area contributed by atoms with E-state index in [1.165, 1.54) is 31.7 Å². The maximum Gasteiger partial charge on any atom is 0.259 e. The van der Waals surface area contributed by atoms with Crippen molar-refractivity contribution in [2.45, 2.75) is 50.1 Å². The number of fused-ring (bicyclic) bond motifs is 5. The average molecular weight is 860 g/mol. The van der Waals surface area contributed by atoms with Crippen molar-refractivity contribution in [3.63, 3.8) is 0 Å². The number of amides is 3. The number of nitrogens with one attached hydrogen (secondary N) is 3. The first-order valence-corrected chi connectivity index (χ1v) is 22.8. The van der Waals surface area contributed by atoms with Crippen LogP contribution >= 0.6 is 0 Å². The van der Waals surface area contributed by atoms with Crippen LogP contribution in [0.1, 0.15) is 48.9 Å². The van der Waals surface area contributed by atoms with Crippen LogP contribution in [0.2, 0.25) is 0 Å². The van der Waals surface area contributed by atoms with E-state index in [0.29, 0.717) is 73.7 Å². The third-order valence-electron chi connectivity index (χ3n) is 14.2. The molecule has 2 aromatic heterocycles. The van der Waals surface area contributed by atoms with Crippen molar-refractivity contribution in [1.82, 2.24) is 40.1 Å². The van der Waals surface area contributed by atoms with Crippen molar-refractivity contribution in [3.05, 3.63) is 70.3 Å². The van der Waals surface area contributed by atoms with Crippen LogP contribution < -0.4 is 31.0 Å². The molecule has 16 heteroatoms. The van der Waals surface area contributed by atoms with Crippen LogP contribution in [0, 0.1) is 5.82 Å². The summed E-state index contributed by atoms with van der Waals surface area (Å²) in [6, 6.07) is 12.4. The zero-order valence-electron chi connectivity index (χ0n) is 35.6. The topological polar surface area (TPSA) is 148 Å². The van der Waals surface area contributed by atoms with Crippen LogP contribution in [0.25, 0.3) is 38.5 Å². The molecule has 5 saturated heterocycles. The Bertz CT molecular complexity index is 2710. The molecule has 3 amide bonds. The van der Waals surface area contributed by atoms with E-state index in [1.807, 2.05) is 46.2 Å². The molecule has 8 heterocycles. The van der Waals surface area contributed by atoms with E-state index in [0.717, 1.165) is 63.1 Å². The second-order valence-corrected chi connectivity index (χ2v) is 18.3. The molecule has 3 N–H and O–H groups in total. The summed E-state index contributed by atoms with van der Waals surface area (Å²) in [5.74, 6) is -0.611. The SMILES string of the molecule is O=C(CNCCN1CCCC1)N[C@@H]1CCN(c2c(F)cc3c(=O)c(C(=O)N4CCC5(C4)CN5C(=O)CNCCN4CCCC4)cn4c3c2Oc2cc3c(cc2-4)oc2ccccc23)C1. The standard InChI is InChI=1S/C47H54FN9O6/c48-35-21-33-42-45(43(35)54-17-9-30(26-54)51-40(58)24-49-11-19-52-13-3-4-14-52)63-39-22-32-31-7-1-2-8-37(31)62-38(32)23-36(39)56(42)27-34(44(33)60)46(61)55-18-10-47(28-55)29-57(47)41(59)25-50-12-20-53-15-5-6-16-53/h1-2,7-8,21-23,27,30,49-50H,3-6,9-20,24-26,28-29H2,(H,51,58)/t30-,47?,57?/m1/s1. The van der Waals surface area contributed by atoms with E-state index < -0.39 is 22.7 Å². The van der Waals surface area contributed by atoms with E-state index >= 15 is 4.39 Å². The number of anilines is 1. The van der Waals surface area contributed by atoms with Crippen LogP contribution in [-0.4, -0.2) is 152 Å². The van der Waals surface area contributed by atoms with Gasteiger partial charge in [-0.3, -0.25) is 19.2 Å². The van der Waals surface area contributed by atoms with Gasteiger partial charge in [0.2, 0.25) is 17.2 Å². The molecule has 1 spiro atoms. The number of hydrogen-bond acceptors (Lipinski definition) is 11. The Morgan fingerprint density at radius 2 is 1.57 bits per heavy atom. The fraction of sp³-hybridized carbons (Fsp3) is 0.489. The molecule has 11 rings (SSSR count). The molecule has 63 heavy (non-hydrogen) atoms. The van der Waals surface area contributed by atoms with E-state index in [-0.39, 0.29) is 53.3 Å². The minimum atomic E-state index is -0.652. The van der Waals surface area contributed by atoms with Crippen molar-refractivity contribution in [2.24, 2.45) is 0 Å². The normalized spacial score (nSPS) is 22.0. The number of halogens is 1. The first-order chi connectivity index (χ1) is 30.7. The molecule has 15 nitrogen and oxygen atoms in total. The number of para-hydroxylation sites is 1. The van der Waals surface area contributed by atoms with Gasteiger partial charge in [-0.15, -0.1) is 0 Å². The zero-order valence-corrected chi connectivity index (χ0v) is 35.6. The number of nitrogens with zero attached hydrogens (tertiary/aromatic N) is 6. The number of furan rings is 1. The fourth-order valence-electron chi connectivity index (χ4n) is 10.8. The van der Waals surface area contributed by atoms with Crippen LogP contribution in [0.4, 0.5) is 10.1 Å². The quantitative estimate of drug-likeness (QED) is 0.116. The maximum absolute atomic E-state index is 16.8. The highest BCUT2D eigenvalue weighted by atomic mass is 19.1. The molecule has 330 valence electrons. The predicted octanol–water partition coefficient (Wildman–Crippen LogP) is 3.63. The average Bonchev–Trinajstić information content (AvgIpc) is 4.00. The third-order valence-corrected chi connectivity index (χ3v) is 14.2. The molecule has 6 aliphatic rings. The van der Waals surface area contributed by atoms with Crippen LogP contribution in [0.5, 0.6) is 11.5 Å². The molecule has 0 radical (unpaired) electrons. The summed E-state index contributed by atoms with van der Waals surface area (Å²) in [6.45, 7) is 10.3. The first kappa shape index (κ1) is 40.2. The number of carbonyl (C=O) groups excluding carboxylic acids is 3. The molecular weight excluding hydrogens is 806 g/mol. The van der Waals surface area contributed by atoms with Crippen molar-refractivity contribution in [3.8, 4) is 17.2 Å². The lowest BCUT2D eigenvalue weighted by Gasteiger charge is -2.29. The molecule has 3 aromatic carbocycles. The fourth-order valence-corrected chi connectivity index (χ4v) is 10.8. The summed E-state index contributed by atoms with van der Waals surface area (Å²) >= 11 is 0. The lowest BCUT2D eigenvalue weighted by Crippen LogP contribution is -2.43. The van der Waals surface area contributed by atoms with Crippen LogP contribution in [0.3, 0.4) is 0 Å². The van der Waals surface area contributed by atoms with E-state index in [1.54, 1.807) is 15.7 Å². The molecule has 6 aliphatic heterocycles. The summed E-state index contributed by atoms with van der Waals surface area (Å²) in [5, 5.41) is 11.4. The minimum absolute atomic E-state index is 0.0141. The van der Waals surface area contributed by atoms with Gasteiger partial charge >= 0.3 is 0 Å². The van der Waals surface area contributed by atoms with Crippen LogP contribution in [-0.2, 0) is 9.59 Å². The van der Waals surface area contributed by atoms with Crippen molar-refractivity contribution >= 4 is 56.3 Å². The summed E-state index contributed by atoms with van der Waals surface area (Å²) in [4.78, 5) is 65.3. The highest BCUT2D eigenvalue weighted by Gasteiger charge is 2.58. The third kappa shape index (κ3) is 7.39. The molecule has 0 saturated carbocycles. The smallest absolute Gasteiger partial charge is 0.259 e. The summed E-state index contributed by atoms with van der Waals surface area (Å²) in [5.41, 5.74) is 1.26. The maximum atomic E-state index is 16.8. The lowest BCUT2D eigenvalue weighted by atomic mass is 10.0. The number of carbonyl (C=O) groups is 3.